The summed E-state index contributed by atoms with van der Waals surface area (Å²) in [7, 11) is 0. The Morgan fingerprint density at radius 2 is 2.00 bits per heavy atom. The quantitative estimate of drug-likeness (QED) is 0.812. The molecule has 0 aliphatic rings. The average molecular weight is 204 g/mol. The summed E-state index contributed by atoms with van der Waals surface area (Å²) < 4.78 is 2.01. The summed E-state index contributed by atoms with van der Waals surface area (Å²) in [5.41, 5.74) is 7.77. The summed E-state index contributed by atoms with van der Waals surface area (Å²) in [6.07, 6.45) is 1.99. The van der Waals surface area contributed by atoms with Gasteiger partial charge >= 0.3 is 0 Å². The van der Waals surface area contributed by atoms with Gasteiger partial charge in [0, 0.05) is 18.2 Å². The Kier molecular flexibility index (Phi) is 2.44. The van der Waals surface area contributed by atoms with Gasteiger partial charge in [0.15, 0.2) is 5.65 Å². The molecule has 4 nitrogen and oxygen atoms in total. The topological polar surface area (TPSA) is 56.2 Å². The smallest absolute Gasteiger partial charge is 0.161 e. The van der Waals surface area contributed by atoms with Crippen LogP contribution in [0.1, 0.15) is 44.1 Å². The summed E-state index contributed by atoms with van der Waals surface area (Å²) in [5.74, 6) is 1.36. The normalized spacial score (nSPS) is 13.7. The standard InChI is InChI=1S/C11H16N4/c1-7(2)11-14-13-10-6-9(8(3)12)4-5-15(10)11/h4-8H,12H2,1-3H3. The molecular formula is C11H16N4. The van der Waals surface area contributed by atoms with Crippen LogP contribution in [0.3, 0.4) is 0 Å². The van der Waals surface area contributed by atoms with Crippen LogP contribution in [0, 0.1) is 0 Å². The Balaban J connectivity index is 2.57. The maximum Gasteiger partial charge on any atom is 0.161 e. The summed E-state index contributed by atoms with van der Waals surface area (Å²) in [4.78, 5) is 0. The summed E-state index contributed by atoms with van der Waals surface area (Å²) in [5, 5.41) is 8.31. The second-order valence-electron chi connectivity index (χ2n) is 4.19. The van der Waals surface area contributed by atoms with E-state index in [0.717, 1.165) is 17.0 Å². The van der Waals surface area contributed by atoms with Gasteiger partial charge in [0.2, 0.25) is 0 Å². The van der Waals surface area contributed by atoms with Crippen molar-refractivity contribution in [3.8, 4) is 0 Å². The lowest BCUT2D eigenvalue weighted by Gasteiger charge is -2.06. The molecule has 0 bridgehead atoms. The van der Waals surface area contributed by atoms with E-state index in [1.807, 2.05) is 29.7 Å². The van der Waals surface area contributed by atoms with E-state index < -0.39 is 0 Å². The first-order valence-corrected chi connectivity index (χ1v) is 5.19. The minimum atomic E-state index is 0.0363. The van der Waals surface area contributed by atoms with E-state index >= 15 is 0 Å². The van der Waals surface area contributed by atoms with E-state index in [9.17, 15) is 0 Å². The first-order valence-electron chi connectivity index (χ1n) is 5.19. The molecule has 2 aromatic rings. The highest BCUT2D eigenvalue weighted by Crippen LogP contribution is 2.16. The number of nitrogens with two attached hydrogens (primary N) is 1. The molecule has 2 N–H and O–H groups in total. The Bertz CT molecular complexity index is 470. The van der Waals surface area contributed by atoms with Gasteiger partial charge in [-0.15, -0.1) is 10.2 Å². The number of pyridine rings is 1. The number of hydrogen-bond donors (Lipinski definition) is 1. The van der Waals surface area contributed by atoms with Crippen LogP contribution in [-0.2, 0) is 0 Å². The Hall–Kier alpha value is -1.42. The van der Waals surface area contributed by atoms with Crippen molar-refractivity contribution in [3.63, 3.8) is 0 Å². The lowest BCUT2D eigenvalue weighted by atomic mass is 10.1. The van der Waals surface area contributed by atoms with Crippen LogP contribution >= 0.6 is 0 Å². The van der Waals surface area contributed by atoms with Crippen LogP contribution in [0.25, 0.3) is 5.65 Å². The van der Waals surface area contributed by atoms with Crippen molar-refractivity contribution in [2.45, 2.75) is 32.7 Å². The van der Waals surface area contributed by atoms with Crippen LogP contribution < -0.4 is 5.73 Å². The van der Waals surface area contributed by atoms with E-state index in [1.54, 1.807) is 0 Å². The van der Waals surface area contributed by atoms with Crippen molar-refractivity contribution in [2.75, 3.05) is 0 Å². The minimum Gasteiger partial charge on any atom is -0.324 e. The van der Waals surface area contributed by atoms with Gasteiger partial charge in [0.05, 0.1) is 0 Å². The molecule has 80 valence electrons. The van der Waals surface area contributed by atoms with Gasteiger partial charge in [-0.25, -0.2) is 0 Å². The van der Waals surface area contributed by atoms with Gasteiger partial charge in [-0.1, -0.05) is 13.8 Å². The molecule has 0 aliphatic heterocycles. The Morgan fingerprint density at radius 3 is 2.60 bits per heavy atom. The summed E-state index contributed by atoms with van der Waals surface area (Å²) in [6.45, 7) is 6.18. The van der Waals surface area contributed by atoms with Crippen molar-refractivity contribution < 1.29 is 0 Å². The third-order valence-electron chi connectivity index (χ3n) is 2.50. The molecule has 15 heavy (non-hydrogen) atoms. The minimum absolute atomic E-state index is 0.0363. The summed E-state index contributed by atoms with van der Waals surface area (Å²) >= 11 is 0. The van der Waals surface area contributed by atoms with Crippen molar-refractivity contribution in [1.29, 1.82) is 0 Å². The van der Waals surface area contributed by atoms with E-state index in [1.165, 1.54) is 0 Å². The van der Waals surface area contributed by atoms with Gasteiger partial charge in [0.25, 0.3) is 0 Å². The number of fused-ring (bicyclic) bond motifs is 1. The second-order valence-corrected chi connectivity index (χ2v) is 4.19. The van der Waals surface area contributed by atoms with Crippen molar-refractivity contribution in [3.05, 3.63) is 29.7 Å². The predicted octanol–water partition coefficient (Wildman–Crippen LogP) is 1.87. The molecule has 1 atom stereocenters. The van der Waals surface area contributed by atoms with Crippen LogP contribution in [0.15, 0.2) is 18.3 Å². The van der Waals surface area contributed by atoms with E-state index in [0.29, 0.717) is 5.92 Å². The lowest BCUT2D eigenvalue weighted by molar-refractivity contribution is 0.757. The second kappa shape index (κ2) is 3.62. The number of rotatable bonds is 2. The SMILES string of the molecule is CC(C)c1nnc2cc(C(C)N)ccn12. The fourth-order valence-electron chi connectivity index (χ4n) is 1.60. The molecule has 0 amide bonds. The maximum absolute atomic E-state index is 5.81. The highest BCUT2D eigenvalue weighted by atomic mass is 15.2. The zero-order valence-electron chi connectivity index (χ0n) is 9.31. The molecule has 2 rings (SSSR count). The van der Waals surface area contributed by atoms with Crippen molar-refractivity contribution in [2.24, 2.45) is 5.73 Å². The molecule has 0 aromatic carbocycles. The van der Waals surface area contributed by atoms with Crippen LogP contribution in [-0.4, -0.2) is 14.6 Å². The van der Waals surface area contributed by atoms with Gasteiger partial charge in [0.1, 0.15) is 5.82 Å². The third-order valence-corrected chi connectivity index (χ3v) is 2.50. The largest absolute Gasteiger partial charge is 0.324 e. The van der Waals surface area contributed by atoms with Crippen molar-refractivity contribution in [1.82, 2.24) is 14.6 Å². The monoisotopic (exact) mass is 204 g/mol. The lowest BCUT2D eigenvalue weighted by Crippen LogP contribution is -2.05. The molecule has 0 saturated heterocycles. The van der Waals surface area contributed by atoms with Gasteiger partial charge in [-0.3, -0.25) is 4.40 Å². The molecule has 0 saturated carbocycles. The van der Waals surface area contributed by atoms with Crippen molar-refractivity contribution >= 4 is 5.65 Å². The first-order chi connectivity index (χ1) is 7.09. The Morgan fingerprint density at radius 1 is 1.27 bits per heavy atom. The van der Waals surface area contributed by atoms with Crippen LogP contribution in [0.4, 0.5) is 0 Å². The van der Waals surface area contributed by atoms with Gasteiger partial charge in [-0.2, -0.15) is 0 Å². The number of hydrogen-bond acceptors (Lipinski definition) is 3. The molecular weight excluding hydrogens is 188 g/mol. The zero-order valence-corrected chi connectivity index (χ0v) is 9.31. The highest BCUT2D eigenvalue weighted by Gasteiger charge is 2.09. The average Bonchev–Trinajstić information content (AvgIpc) is 2.59. The van der Waals surface area contributed by atoms with Gasteiger partial charge in [-0.05, 0) is 24.6 Å². The molecule has 1 unspecified atom stereocenters. The molecule has 0 radical (unpaired) electrons. The first kappa shape index (κ1) is 10.1. The number of nitrogens with zero attached hydrogens (tertiary/aromatic N) is 3. The molecule has 0 aliphatic carbocycles. The van der Waals surface area contributed by atoms with E-state index in [2.05, 4.69) is 24.0 Å². The molecule has 2 aromatic heterocycles. The molecule has 0 fully saturated rings. The summed E-state index contributed by atoms with van der Waals surface area (Å²) in [6, 6.07) is 4.05. The fraction of sp³-hybridized carbons (Fsp3) is 0.455. The predicted molar refractivity (Wildman–Crippen MR) is 59.7 cm³/mol. The van der Waals surface area contributed by atoms with Crippen LogP contribution in [0.2, 0.25) is 0 Å². The van der Waals surface area contributed by atoms with E-state index in [4.69, 9.17) is 5.73 Å². The third kappa shape index (κ3) is 1.72. The maximum atomic E-state index is 5.81. The molecule has 0 spiro atoms. The number of aromatic nitrogens is 3. The molecule has 2 heterocycles. The van der Waals surface area contributed by atoms with Gasteiger partial charge < -0.3 is 5.73 Å². The Labute approximate surface area is 89.1 Å². The fourth-order valence-corrected chi connectivity index (χ4v) is 1.60. The van der Waals surface area contributed by atoms with Crippen LogP contribution in [0.5, 0.6) is 0 Å². The van der Waals surface area contributed by atoms with E-state index in [-0.39, 0.29) is 6.04 Å². The zero-order chi connectivity index (χ0) is 11.0. The molecule has 4 heteroatoms. The highest BCUT2D eigenvalue weighted by molar-refractivity contribution is 5.42.